The second-order valence-electron chi connectivity index (χ2n) is 5.43. The minimum Gasteiger partial charge on any atom is -0.347 e. The molecule has 1 aliphatic heterocycles. The molecule has 1 aliphatic rings. The van der Waals surface area contributed by atoms with Gasteiger partial charge >= 0.3 is 0 Å². The molecular weight excluding hydrogens is 297 g/mol. The Kier molecular flexibility index (Phi) is 4.32. The molecule has 1 aromatic carbocycles. The van der Waals surface area contributed by atoms with E-state index >= 15 is 0 Å². The number of halogens is 1. The predicted octanol–water partition coefficient (Wildman–Crippen LogP) is 1.97. The third kappa shape index (κ3) is 3.36. The molecule has 1 aromatic heterocycles. The number of carbonyl (C=O) groups is 2. The van der Waals surface area contributed by atoms with Gasteiger partial charge in [0.2, 0.25) is 5.91 Å². The molecule has 2 unspecified atom stereocenters. The van der Waals surface area contributed by atoms with Crippen molar-refractivity contribution in [1.29, 1.82) is 0 Å². The van der Waals surface area contributed by atoms with E-state index in [4.69, 9.17) is 0 Å². The molecule has 0 saturated carbocycles. The first-order chi connectivity index (χ1) is 11.1. The van der Waals surface area contributed by atoms with Gasteiger partial charge < -0.3 is 10.6 Å². The first-order valence-corrected chi connectivity index (χ1v) is 7.40. The van der Waals surface area contributed by atoms with Crippen LogP contribution in [0.2, 0.25) is 0 Å². The molecule has 2 aromatic rings. The lowest BCUT2D eigenvalue weighted by Gasteiger charge is -2.33. The lowest BCUT2D eigenvalue weighted by Crippen LogP contribution is -2.50. The molecule has 2 N–H and O–H groups in total. The van der Waals surface area contributed by atoms with Crippen LogP contribution in [-0.4, -0.2) is 22.8 Å². The Balaban J connectivity index is 1.83. The highest BCUT2D eigenvalue weighted by Crippen LogP contribution is 2.26. The van der Waals surface area contributed by atoms with Gasteiger partial charge in [-0.15, -0.1) is 0 Å². The number of rotatable bonds is 3. The summed E-state index contributed by atoms with van der Waals surface area (Å²) in [6.07, 6.45) is 3.80. The van der Waals surface area contributed by atoms with E-state index in [0.717, 1.165) is 0 Å². The summed E-state index contributed by atoms with van der Waals surface area (Å²) in [6.45, 7) is 0. The fourth-order valence-electron chi connectivity index (χ4n) is 2.73. The second kappa shape index (κ2) is 6.56. The summed E-state index contributed by atoms with van der Waals surface area (Å²) >= 11 is 0. The molecule has 1 saturated heterocycles. The molecule has 23 heavy (non-hydrogen) atoms. The molecule has 6 heteroatoms. The van der Waals surface area contributed by atoms with Gasteiger partial charge in [0.1, 0.15) is 5.82 Å². The average molecular weight is 313 g/mol. The number of piperidine rings is 1. The highest BCUT2D eigenvalue weighted by Gasteiger charge is 2.32. The summed E-state index contributed by atoms with van der Waals surface area (Å²) in [7, 11) is 0. The molecule has 5 nitrogen and oxygen atoms in total. The number of nitrogens with zero attached hydrogens (tertiary/aromatic N) is 1. The van der Waals surface area contributed by atoms with Gasteiger partial charge in [-0.1, -0.05) is 18.2 Å². The minimum atomic E-state index is -0.585. The quantitative estimate of drug-likeness (QED) is 0.910. The Morgan fingerprint density at radius 2 is 2.09 bits per heavy atom. The molecule has 118 valence electrons. The average Bonchev–Trinajstić information content (AvgIpc) is 2.58. The normalized spacial score (nSPS) is 20.7. The summed E-state index contributed by atoms with van der Waals surface area (Å²) in [5.41, 5.74) is 0.800. The fourth-order valence-corrected chi connectivity index (χ4v) is 2.73. The number of nitrogens with one attached hydrogen (secondary N) is 2. The molecule has 0 radical (unpaired) electrons. The Labute approximate surface area is 132 Å². The van der Waals surface area contributed by atoms with Crippen LogP contribution in [0.4, 0.5) is 4.39 Å². The summed E-state index contributed by atoms with van der Waals surface area (Å²) in [5, 5.41) is 5.64. The van der Waals surface area contributed by atoms with Crippen molar-refractivity contribution in [2.75, 3.05) is 0 Å². The smallest absolute Gasteiger partial charge is 0.253 e. The van der Waals surface area contributed by atoms with E-state index < -0.39 is 11.9 Å². The Morgan fingerprint density at radius 3 is 2.83 bits per heavy atom. The lowest BCUT2D eigenvalue weighted by atomic mass is 9.91. The number of hydrogen-bond acceptors (Lipinski definition) is 3. The van der Waals surface area contributed by atoms with Crippen LogP contribution in [0.5, 0.6) is 0 Å². The summed E-state index contributed by atoms with van der Waals surface area (Å²) in [4.78, 5) is 27.9. The summed E-state index contributed by atoms with van der Waals surface area (Å²) in [6, 6.07) is 8.63. The van der Waals surface area contributed by atoms with Crippen molar-refractivity contribution >= 4 is 11.8 Å². The number of benzene rings is 1. The van der Waals surface area contributed by atoms with E-state index in [9.17, 15) is 14.0 Å². The van der Waals surface area contributed by atoms with Gasteiger partial charge in [0.05, 0.1) is 17.6 Å². The van der Waals surface area contributed by atoms with Crippen LogP contribution in [-0.2, 0) is 4.79 Å². The minimum absolute atomic E-state index is 0.148. The zero-order chi connectivity index (χ0) is 16.2. The van der Waals surface area contributed by atoms with E-state index in [-0.39, 0.29) is 17.9 Å². The van der Waals surface area contributed by atoms with Crippen molar-refractivity contribution in [3.8, 4) is 0 Å². The van der Waals surface area contributed by atoms with E-state index in [1.54, 1.807) is 36.5 Å². The van der Waals surface area contributed by atoms with Crippen LogP contribution >= 0.6 is 0 Å². The molecule has 2 heterocycles. The maximum atomic E-state index is 14.1. The van der Waals surface area contributed by atoms with Crippen LogP contribution in [0.15, 0.2) is 48.8 Å². The SMILES string of the molecule is O=C1CCC(NC(=O)c2cccnc2)C(c2ccccc2F)N1. The predicted molar refractivity (Wildman–Crippen MR) is 82.0 cm³/mol. The van der Waals surface area contributed by atoms with Crippen LogP contribution in [0, 0.1) is 5.82 Å². The van der Waals surface area contributed by atoms with E-state index in [0.29, 0.717) is 24.0 Å². The molecular formula is C17H16FN3O2. The third-order valence-electron chi connectivity index (χ3n) is 3.88. The maximum absolute atomic E-state index is 14.1. The third-order valence-corrected chi connectivity index (χ3v) is 3.88. The zero-order valence-corrected chi connectivity index (χ0v) is 12.3. The van der Waals surface area contributed by atoms with Gasteiger partial charge in [0.25, 0.3) is 5.91 Å². The van der Waals surface area contributed by atoms with Crippen LogP contribution < -0.4 is 10.6 Å². The molecule has 1 fully saturated rings. The molecule has 2 atom stereocenters. The second-order valence-corrected chi connectivity index (χ2v) is 5.43. The number of hydrogen-bond donors (Lipinski definition) is 2. The van der Waals surface area contributed by atoms with Crippen LogP contribution in [0.25, 0.3) is 0 Å². The van der Waals surface area contributed by atoms with Crippen molar-refractivity contribution in [2.45, 2.75) is 24.9 Å². The van der Waals surface area contributed by atoms with Gasteiger partial charge in [-0.2, -0.15) is 0 Å². The van der Waals surface area contributed by atoms with Gasteiger partial charge in [-0.3, -0.25) is 14.6 Å². The van der Waals surface area contributed by atoms with Gasteiger partial charge in [-0.05, 0) is 24.6 Å². The maximum Gasteiger partial charge on any atom is 0.253 e. The van der Waals surface area contributed by atoms with E-state index in [1.165, 1.54) is 12.3 Å². The Hall–Kier alpha value is -2.76. The van der Waals surface area contributed by atoms with E-state index in [2.05, 4.69) is 15.6 Å². The number of amides is 2. The Morgan fingerprint density at radius 1 is 1.26 bits per heavy atom. The van der Waals surface area contributed by atoms with Crippen LogP contribution in [0.3, 0.4) is 0 Å². The fraction of sp³-hybridized carbons (Fsp3) is 0.235. The van der Waals surface area contributed by atoms with Crippen molar-refractivity contribution in [3.63, 3.8) is 0 Å². The summed E-state index contributed by atoms with van der Waals surface area (Å²) < 4.78 is 14.1. The number of aromatic nitrogens is 1. The largest absolute Gasteiger partial charge is 0.347 e. The molecule has 3 rings (SSSR count). The summed E-state index contributed by atoms with van der Waals surface area (Å²) in [5.74, 6) is -0.842. The van der Waals surface area contributed by atoms with Crippen molar-refractivity contribution in [1.82, 2.24) is 15.6 Å². The topological polar surface area (TPSA) is 71.1 Å². The molecule has 2 amide bonds. The molecule has 0 spiro atoms. The van der Waals surface area contributed by atoms with Gasteiger partial charge in [-0.25, -0.2) is 4.39 Å². The van der Waals surface area contributed by atoms with Crippen LogP contribution in [0.1, 0.15) is 34.8 Å². The highest BCUT2D eigenvalue weighted by atomic mass is 19.1. The molecule has 0 aliphatic carbocycles. The van der Waals surface area contributed by atoms with Crippen molar-refractivity contribution in [2.24, 2.45) is 0 Å². The standard InChI is InChI=1S/C17H16FN3O2/c18-13-6-2-1-5-12(13)16-14(7-8-15(22)21-16)20-17(23)11-4-3-9-19-10-11/h1-6,9-10,14,16H,7-8H2,(H,20,23)(H,21,22). The van der Waals surface area contributed by atoms with Crippen molar-refractivity contribution in [3.05, 3.63) is 65.7 Å². The van der Waals surface area contributed by atoms with E-state index in [1.807, 2.05) is 0 Å². The first-order valence-electron chi connectivity index (χ1n) is 7.40. The highest BCUT2D eigenvalue weighted by molar-refractivity contribution is 5.94. The van der Waals surface area contributed by atoms with Crippen molar-refractivity contribution < 1.29 is 14.0 Å². The first kappa shape index (κ1) is 15.1. The van der Waals surface area contributed by atoms with Gasteiger partial charge in [0, 0.05) is 24.4 Å². The number of pyridine rings is 1. The number of carbonyl (C=O) groups excluding carboxylic acids is 2. The van der Waals surface area contributed by atoms with Gasteiger partial charge in [0.15, 0.2) is 0 Å². The monoisotopic (exact) mass is 313 g/mol. The Bertz CT molecular complexity index is 721. The molecule has 0 bridgehead atoms. The lowest BCUT2D eigenvalue weighted by molar-refractivity contribution is -0.123. The zero-order valence-electron chi connectivity index (χ0n) is 12.3.